The lowest BCUT2D eigenvalue weighted by Crippen LogP contribution is -2.53. The van der Waals surface area contributed by atoms with E-state index in [4.69, 9.17) is 13.9 Å². The van der Waals surface area contributed by atoms with Crippen LogP contribution in [0.5, 0.6) is 11.5 Å². The summed E-state index contributed by atoms with van der Waals surface area (Å²) < 4.78 is 16.1. The van der Waals surface area contributed by atoms with Crippen molar-refractivity contribution < 1.29 is 23.5 Å². The largest absolute Gasteiger partial charge is 0.493 e. The lowest BCUT2D eigenvalue weighted by atomic mass is 10.0. The molecule has 2 aromatic rings. The monoisotopic (exact) mass is 344 g/mol. The van der Waals surface area contributed by atoms with Crippen molar-refractivity contribution >= 4 is 11.8 Å². The van der Waals surface area contributed by atoms with Gasteiger partial charge in [0.1, 0.15) is 17.6 Å². The quantitative estimate of drug-likeness (QED) is 0.895. The number of carbonyl (C=O) groups is 2. The molecule has 1 unspecified atom stereocenters. The fourth-order valence-electron chi connectivity index (χ4n) is 2.92. The highest BCUT2D eigenvalue weighted by atomic mass is 16.5. The Kier molecular flexibility index (Phi) is 4.65. The molecule has 25 heavy (non-hydrogen) atoms. The van der Waals surface area contributed by atoms with Gasteiger partial charge in [-0.25, -0.2) is 0 Å². The van der Waals surface area contributed by atoms with Crippen molar-refractivity contribution in [1.82, 2.24) is 10.2 Å². The first-order valence-electron chi connectivity index (χ1n) is 7.88. The van der Waals surface area contributed by atoms with Crippen molar-refractivity contribution in [1.29, 1.82) is 0 Å². The third-order valence-corrected chi connectivity index (χ3v) is 4.14. The molecule has 7 heteroatoms. The smallest absolute Gasteiger partial charge is 0.247 e. The number of carbonyl (C=O) groups excluding carboxylic acids is 2. The summed E-state index contributed by atoms with van der Waals surface area (Å²) in [6.07, 6.45) is 0. The van der Waals surface area contributed by atoms with E-state index in [1.54, 1.807) is 31.4 Å². The number of methoxy groups -OCH3 is 2. The highest BCUT2D eigenvalue weighted by Crippen LogP contribution is 2.33. The van der Waals surface area contributed by atoms with Crippen LogP contribution in [0.3, 0.4) is 0 Å². The third kappa shape index (κ3) is 3.31. The number of hydrogen-bond donors (Lipinski definition) is 1. The fraction of sp³-hybridized carbons (Fsp3) is 0.333. The third-order valence-electron chi connectivity index (χ3n) is 4.14. The van der Waals surface area contributed by atoms with Gasteiger partial charge in [0.25, 0.3) is 0 Å². The van der Waals surface area contributed by atoms with Gasteiger partial charge < -0.3 is 24.1 Å². The van der Waals surface area contributed by atoms with Crippen molar-refractivity contribution in [3.05, 3.63) is 47.4 Å². The minimum absolute atomic E-state index is 0.0255. The van der Waals surface area contributed by atoms with Gasteiger partial charge in [-0.1, -0.05) is 6.07 Å². The van der Waals surface area contributed by atoms with Gasteiger partial charge in [0.2, 0.25) is 11.8 Å². The molecule has 3 rings (SSSR count). The molecule has 1 saturated heterocycles. The number of rotatable bonds is 5. The number of aryl methyl sites for hydroxylation is 1. The van der Waals surface area contributed by atoms with Crippen molar-refractivity contribution in [3.63, 3.8) is 0 Å². The Labute approximate surface area is 145 Å². The number of hydrogen-bond acceptors (Lipinski definition) is 5. The fourth-order valence-corrected chi connectivity index (χ4v) is 2.92. The second kappa shape index (κ2) is 6.88. The molecule has 1 aromatic carbocycles. The molecule has 0 bridgehead atoms. The maximum atomic E-state index is 12.5. The number of ether oxygens (including phenoxy) is 2. The standard InChI is InChI=1S/C18H20N2O5/c1-11-4-6-13(25-11)10-20-16(21)9-19-18(22)17(20)12-5-7-14(23-2)15(8-12)24-3/h4-8,17H,9-10H2,1-3H3,(H,19,22). The molecular weight excluding hydrogens is 324 g/mol. The van der Waals surface area contributed by atoms with E-state index in [2.05, 4.69) is 5.32 Å². The summed E-state index contributed by atoms with van der Waals surface area (Å²) in [7, 11) is 3.07. The highest BCUT2D eigenvalue weighted by Gasteiger charge is 2.36. The zero-order valence-electron chi connectivity index (χ0n) is 14.4. The normalized spacial score (nSPS) is 17.4. The molecule has 1 aromatic heterocycles. The van der Waals surface area contributed by atoms with E-state index >= 15 is 0 Å². The van der Waals surface area contributed by atoms with E-state index in [9.17, 15) is 9.59 Å². The van der Waals surface area contributed by atoms with E-state index in [1.807, 2.05) is 13.0 Å². The lowest BCUT2D eigenvalue weighted by Gasteiger charge is -2.34. The van der Waals surface area contributed by atoms with Crippen LogP contribution in [0.25, 0.3) is 0 Å². The van der Waals surface area contributed by atoms with Crippen molar-refractivity contribution in [3.8, 4) is 11.5 Å². The molecule has 7 nitrogen and oxygen atoms in total. The minimum atomic E-state index is -0.758. The maximum Gasteiger partial charge on any atom is 0.247 e. The first kappa shape index (κ1) is 16.9. The first-order valence-corrected chi connectivity index (χ1v) is 7.88. The van der Waals surface area contributed by atoms with Gasteiger partial charge in [-0.05, 0) is 36.8 Å². The van der Waals surface area contributed by atoms with E-state index in [0.29, 0.717) is 22.8 Å². The molecule has 1 fully saturated rings. The van der Waals surface area contributed by atoms with Gasteiger partial charge in [0, 0.05) is 0 Å². The lowest BCUT2D eigenvalue weighted by molar-refractivity contribution is -0.146. The number of nitrogens with zero attached hydrogens (tertiary/aromatic N) is 1. The Bertz CT molecular complexity index is 799. The molecule has 1 atom stereocenters. The van der Waals surface area contributed by atoms with Crippen LogP contribution in [0.1, 0.15) is 23.1 Å². The second-order valence-corrected chi connectivity index (χ2v) is 5.77. The molecule has 2 amide bonds. The molecule has 132 valence electrons. The highest BCUT2D eigenvalue weighted by molar-refractivity contribution is 5.95. The predicted molar refractivity (Wildman–Crippen MR) is 89.3 cm³/mol. The van der Waals surface area contributed by atoms with Crippen molar-refractivity contribution in [2.45, 2.75) is 19.5 Å². The summed E-state index contributed by atoms with van der Waals surface area (Å²) in [5.41, 5.74) is 0.645. The maximum absolute atomic E-state index is 12.5. The van der Waals surface area contributed by atoms with Crippen LogP contribution in [0.4, 0.5) is 0 Å². The average molecular weight is 344 g/mol. The summed E-state index contributed by atoms with van der Waals surface area (Å²) in [6.45, 7) is 2.03. The van der Waals surface area contributed by atoms with Crippen LogP contribution in [0.15, 0.2) is 34.7 Å². The number of piperazine rings is 1. The molecule has 0 spiro atoms. The van der Waals surface area contributed by atoms with E-state index in [-0.39, 0.29) is 24.9 Å². The van der Waals surface area contributed by atoms with Crippen LogP contribution in [0, 0.1) is 6.92 Å². The zero-order valence-corrected chi connectivity index (χ0v) is 14.4. The van der Waals surface area contributed by atoms with Crippen molar-refractivity contribution in [2.75, 3.05) is 20.8 Å². The second-order valence-electron chi connectivity index (χ2n) is 5.77. The molecule has 1 aliphatic heterocycles. The predicted octanol–water partition coefficient (Wildman–Crippen LogP) is 1.80. The Balaban J connectivity index is 1.97. The van der Waals surface area contributed by atoms with Crippen LogP contribution in [-0.4, -0.2) is 37.5 Å². The Morgan fingerprint density at radius 1 is 1.16 bits per heavy atom. The van der Waals surface area contributed by atoms with Gasteiger partial charge in [-0.2, -0.15) is 0 Å². The summed E-state index contributed by atoms with van der Waals surface area (Å²) in [6, 6.07) is 8.06. The number of nitrogens with one attached hydrogen (secondary N) is 1. The average Bonchev–Trinajstić information content (AvgIpc) is 3.02. The van der Waals surface area contributed by atoms with Crippen LogP contribution in [0.2, 0.25) is 0 Å². The number of amides is 2. The summed E-state index contributed by atoms with van der Waals surface area (Å²) >= 11 is 0. The Morgan fingerprint density at radius 2 is 1.92 bits per heavy atom. The Morgan fingerprint density at radius 3 is 2.56 bits per heavy atom. The molecule has 0 saturated carbocycles. The SMILES string of the molecule is COc1ccc(C2C(=O)NCC(=O)N2Cc2ccc(C)o2)cc1OC. The molecule has 2 heterocycles. The van der Waals surface area contributed by atoms with Crippen LogP contribution in [-0.2, 0) is 16.1 Å². The first-order chi connectivity index (χ1) is 12.0. The summed E-state index contributed by atoms with van der Waals surface area (Å²) in [4.78, 5) is 26.4. The van der Waals surface area contributed by atoms with Gasteiger partial charge in [0.15, 0.2) is 11.5 Å². The van der Waals surface area contributed by atoms with E-state index in [0.717, 1.165) is 5.76 Å². The summed E-state index contributed by atoms with van der Waals surface area (Å²) in [5, 5.41) is 2.63. The van der Waals surface area contributed by atoms with Gasteiger partial charge >= 0.3 is 0 Å². The van der Waals surface area contributed by atoms with Gasteiger partial charge in [0.05, 0.1) is 27.3 Å². The van der Waals surface area contributed by atoms with Crippen LogP contribution < -0.4 is 14.8 Å². The molecule has 0 aliphatic carbocycles. The molecule has 1 N–H and O–H groups in total. The molecule has 1 aliphatic rings. The van der Waals surface area contributed by atoms with Crippen molar-refractivity contribution in [2.24, 2.45) is 0 Å². The van der Waals surface area contributed by atoms with Gasteiger partial charge in [-0.15, -0.1) is 0 Å². The number of benzene rings is 1. The summed E-state index contributed by atoms with van der Waals surface area (Å²) in [5.74, 6) is 2.03. The molecular formula is C18H20N2O5. The van der Waals surface area contributed by atoms with Gasteiger partial charge in [-0.3, -0.25) is 9.59 Å². The van der Waals surface area contributed by atoms with Crippen LogP contribution >= 0.6 is 0 Å². The topological polar surface area (TPSA) is 81.0 Å². The van der Waals surface area contributed by atoms with E-state index in [1.165, 1.54) is 12.0 Å². The van der Waals surface area contributed by atoms with E-state index < -0.39 is 6.04 Å². The minimum Gasteiger partial charge on any atom is -0.493 e. The Hall–Kier alpha value is -2.96. The molecule has 0 radical (unpaired) electrons. The number of furan rings is 1. The zero-order chi connectivity index (χ0) is 18.0.